The van der Waals surface area contributed by atoms with Crippen LogP contribution >= 0.6 is 11.3 Å². The van der Waals surface area contributed by atoms with Gasteiger partial charge in [0, 0.05) is 24.9 Å². The Bertz CT molecular complexity index is 391. The number of hydrogen-bond donors (Lipinski definition) is 3. The Morgan fingerprint density at radius 3 is 2.71 bits per heavy atom. The van der Waals surface area contributed by atoms with E-state index in [4.69, 9.17) is 10.2 Å². The average Bonchev–Trinajstić information content (AvgIpc) is 2.63. The second-order valence-corrected chi connectivity index (χ2v) is 4.39. The van der Waals surface area contributed by atoms with Crippen LogP contribution in [0.15, 0.2) is 5.38 Å². The first-order valence-corrected chi connectivity index (χ1v) is 6.03. The number of hydrogen-bond acceptors (Lipinski definition) is 5. The quantitative estimate of drug-likeness (QED) is 0.583. The minimum absolute atomic E-state index is 0.0526. The number of carboxylic acid groups (broad SMARTS) is 2. The van der Waals surface area contributed by atoms with Gasteiger partial charge < -0.3 is 15.5 Å². The Morgan fingerprint density at radius 2 is 2.06 bits per heavy atom. The molecule has 1 aromatic heterocycles. The molecule has 0 bridgehead atoms. The summed E-state index contributed by atoms with van der Waals surface area (Å²) in [5.74, 6) is -1.71. The largest absolute Gasteiger partial charge is 0.481 e. The maximum absolute atomic E-state index is 10.4. The predicted octanol–water partition coefficient (Wildman–Crippen LogP) is 0.377. The van der Waals surface area contributed by atoms with Crippen LogP contribution in [0.3, 0.4) is 0 Å². The van der Waals surface area contributed by atoms with E-state index in [1.165, 1.54) is 11.3 Å². The van der Waals surface area contributed by atoms with E-state index in [0.29, 0.717) is 25.2 Å². The van der Waals surface area contributed by atoms with Crippen LogP contribution in [0.2, 0.25) is 0 Å². The minimum atomic E-state index is -0.888. The molecule has 7 heteroatoms. The molecule has 0 saturated heterocycles. The standard InChI is InChI=1S/C10H14N2O4S/c13-9(14)2-4-11-3-1-8-12-7(6-17-8)5-10(15)16/h6,11H,1-5H2,(H,13,14)(H,15,16). The monoisotopic (exact) mass is 258 g/mol. The van der Waals surface area contributed by atoms with Crippen molar-refractivity contribution in [2.24, 2.45) is 0 Å². The summed E-state index contributed by atoms with van der Waals surface area (Å²) < 4.78 is 0. The van der Waals surface area contributed by atoms with Gasteiger partial charge in [0.2, 0.25) is 0 Å². The molecule has 0 radical (unpaired) electrons. The van der Waals surface area contributed by atoms with Crippen molar-refractivity contribution in [1.29, 1.82) is 0 Å². The molecule has 0 unspecified atom stereocenters. The lowest BCUT2D eigenvalue weighted by Crippen LogP contribution is -2.20. The van der Waals surface area contributed by atoms with Gasteiger partial charge in [0.25, 0.3) is 0 Å². The fraction of sp³-hybridized carbons (Fsp3) is 0.500. The summed E-state index contributed by atoms with van der Waals surface area (Å²) >= 11 is 1.43. The van der Waals surface area contributed by atoms with E-state index in [2.05, 4.69) is 10.3 Å². The van der Waals surface area contributed by atoms with Crippen LogP contribution in [-0.4, -0.2) is 40.2 Å². The van der Waals surface area contributed by atoms with Gasteiger partial charge in [0.1, 0.15) is 0 Å². The van der Waals surface area contributed by atoms with E-state index in [0.717, 1.165) is 5.01 Å². The fourth-order valence-corrected chi connectivity index (χ4v) is 2.01. The summed E-state index contributed by atoms with van der Waals surface area (Å²) in [5, 5.41) is 22.6. The number of thiazole rings is 1. The third-order valence-electron chi connectivity index (χ3n) is 1.96. The van der Waals surface area contributed by atoms with Gasteiger partial charge in [-0.2, -0.15) is 0 Å². The van der Waals surface area contributed by atoms with Crippen LogP contribution in [-0.2, 0) is 22.4 Å². The van der Waals surface area contributed by atoms with Gasteiger partial charge in [-0.3, -0.25) is 9.59 Å². The highest BCUT2D eigenvalue weighted by Crippen LogP contribution is 2.10. The van der Waals surface area contributed by atoms with Crippen molar-refractivity contribution in [3.8, 4) is 0 Å². The van der Waals surface area contributed by atoms with E-state index >= 15 is 0 Å². The smallest absolute Gasteiger partial charge is 0.309 e. The molecular formula is C10H14N2O4S. The Hall–Kier alpha value is -1.47. The molecule has 1 heterocycles. The first-order chi connectivity index (χ1) is 8.08. The Balaban J connectivity index is 2.21. The molecule has 0 aliphatic rings. The van der Waals surface area contributed by atoms with Crippen molar-refractivity contribution in [3.63, 3.8) is 0 Å². The van der Waals surface area contributed by atoms with Crippen LogP contribution in [0.5, 0.6) is 0 Å². The zero-order valence-corrected chi connectivity index (χ0v) is 10.00. The van der Waals surface area contributed by atoms with Crippen molar-refractivity contribution >= 4 is 23.3 Å². The number of carbonyl (C=O) groups is 2. The zero-order valence-electron chi connectivity index (χ0n) is 9.18. The summed E-state index contributed by atoms with van der Waals surface area (Å²) in [6.07, 6.45) is 0.731. The molecule has 0 aliphatic carbocycles. The Labute approximate surface area is 102 Å². The highest BCUT2D eigenvalue weighted by molar-refractivity contribution is 7.09. The van der Waals surface area contributed by atoms with E-state index in [-0.39, 0.29) is 12.8 Å². The summed E-state index contributed by atoms with van der Waals surface area (Å²) in [6, 6.07) is 0. The van der Waals surface area contributed by atoms with Crippen LogP contribution < -0.4 is 5.32 Å². The summed E-state index contributed by atoms with van der Waals surface area (Å²) in [7, 11) is 0. The van der Waals surface area contributed by atoms with Gasteiger partial charge in [-0.1, -0.05) is 0 Å². The van der Waals surface area contributed by atoms with Crippen molar-refractivity contribution in [2.45, 2.75) is 19.3 Å². The summed E-state index contributed by atoms with van der Waals surface area (Å²) in [6.45, 7) is 1.08. The van der Waals surface area contributed by atoms with Crippen LogP contribution in [0.25, 0.3) is 0 Å². The number of nitrogens with zero attached hydrogens (tertiary/aromatic N) is 1. The third-order valence-corrected chi connectivity index (χ3v) is 2.92. The number of aliphatic carboxylic acids is 2. The molecule has 1 rings (SSSR count). The van der Waals surface area contributed by atoms with E-state index in [1.54, 1.807) is 5.38 Å². The molecule has 0 fully saturated rings. The summed E-state index contributed by atoms with van der Waals surface area (Å²) in [5.41, 5.74) is 0.572. The van der Waals surface area contributed by atoms with Gasteiger partial charge >= 0.3 is 11.9 Å². The first-order valence-electron chi connectivity index (χ1n) is 5.15. The maximum atomic E-state index is 10.4. The maximum Gasteiger partial charge on any atom is 0.309 e. The molecule has 1 aromatic rings. The second kappa shape index (κ2) is 6.97. The first kappa shape index (κ1) is 13.6. The Morgan fingerprint density at radius 1 is 1.29 bits per heavy atom. The Kier molecular flexibility index (Phi) is 5.58. The van der Waals surface area contributed by atoms with Crippen LogP contribution in [0.4, 0.5) is 0 Å². The number of nitrogens with one attached hydrogen (secondary N) is 1. The normalized spacial score (nSPS) is 10.4. The SMILES string of the molecule is O=C(O)CCNCCc1nc(CC(=O)O)cs1. The highest BCUT2D eigenvalue weighted by atomic mass is 32.1. The van der Waals surface area contributed by atoms with Gasteiger partial charge in [-0.15, -0.1) is 11.3 Å². The van der Waals surface area contributed by atoms with E-state index in [1.807, 2.05) is 0 Å². The zero-order chi connectivity index (χ0) is 12.7. The predicted molar refractivity (Wildman–Crippen MR) is 62.3 cm³/mol. The molecule has 0 saturated carbocycles. The van der Waals surface area contributed by atoms with Crippen molar-refractivity contribution < 1.29 is 19.8 Å². The molecule has 6 nitrogen and oxygen atoms in total. The fourth-order valence-electron chi connectivity index (χ4n) is 1.22. The van der Waals surface area contributed by atoms with Gasteiger partial charge in [0.05, 0.1) is 23.5 Å². The van der Waals surface area contributed by atoms with Gasteiger partial charge in [-0.05, 0) is 0 Å². The molecule has 0 aliphatic heterocycles. The molecule has 94 valence electrons. The second-order valence-electron chi connectivity index (χ2n) is 3.45. The average molecular weight is 258 g/mol. The molecule has 0 spiro atoms. The highest BCUT2D eigenvalue weighted by Gasteiger charge is 2.05. The lowest BCUT2D eigenvalue weighted by molar-refractivity contribution is -0.137. The van der Waals surface area contributed by atoms with Crippen molar-refractivity contribution in [1.82, 2.24) is 10.3 Å². The molecule has 0 amide bonds. The molecule has 0 aromatic carbocycles. The van der Waals surface area contributed by atoms with Crippen LogP contribution in [0.1, 0.15) is 17.1 Å². The molecule has 0 atom stereocenters. The number of aromatic nitrogens is 1. The minimum Gasteiger partial charge on any atom is -0.481 e. The van der Waals surface area contributed by atoms with E-state index < -0.39 is 11.9 Å². The number of rotatable bonds is 8. The summed E-state index contributed by atoms with van der Waals surface area (Å²) in [4.78, 5) is 24.8. The topological polar surface area (TPSA) is 99.5 Å². The van der Waals surface area contributed by atoms with Gasteiger partial charge in [0.15, 0.2) is 0 Å². The number of carboxylic acids is 2. The van der Waals surface area contributed by atoms with Crippen molar-refractivity contribution in [3.05, 3.63) is 16.1 Å². The van der Waals surface area contributed by atoms with Crippen molar-refractivity contribution in [2.75, 3.05) is 13.1 Å². The lowest BCUT2D eigenvalue weighted by atomic mass is 10.3. The molecule has 17 heavy (non-hydrogen) atoms. The van der Waals surface area contributed by atoms with E-state index in [9.17, 15) is 9.59 Å². The molecule has 3 N–H and O–H groups in total. The lowest BCUT2D eigenvalue weighted by Gasteiger charge is -1.99. The van der Waals surface area contributed by atoms with Crippen LogP contribution in [0, 0.1) is 0 Å². The third kappa shape index (κ3) is 5.98. The molecular weight excluding hydrogens is 244 g/mol. The van der Waals surface area contributed by atoms with Gasteiger partial charge in [-0.25, -0.2) is 4.98 Å².